The minimum absolute atomic E-state index is 0. The van der Waals surface area contributed by atoms with Crippen LogP contribution in [-0.2, 0) is 26.5 Å². The summed E-state index contributed by atoms with van der Waals surface area (Å²) in [5.41, 5.74) is 13.8. The summed E-state index contributed by atoms with van der Waals surface area (Å²) >= 11 is 0. The number of rotatable bonds is 6. The number of para-hydroxylation sites is 2. The van der Waals surface area contributed by atoms with Crippen LogP contribution in [0.4, 0.5) is 11.4 Å². The van der Waals surface area contributed by atoms with Gasteiger partial charge < -0.3 is 18.6 Å². The second-order valence-electron chi connectivity index (χ2n) is 16.6. The molecular weight excluding hydrogens is 880 g/mol. The van der Waals surface area contributed by atoms with E-state index in [9.17, 15) is 0 Å². The van der Waals surface area contributed by atoms with Gasteiger partial charge in [0.1, 0.15) is 5.82 Å². The fourth-order valence-electron chi connectivity index (χ4n) is 9.16. The summed E-state index contributed by atoms with van der Waals surface area (Å²) in [4.78, 5) is 12.6. The summed E-state index contributed by atoms with van der Waals surface area (Å²) in [5, 5.41) is 2.25. The Balaban J connectivity index is 0.00000422. The molecule has 0 spiro atoms. The van der Waals surface area contributed by atoms with Gasteiger partial charge in [0.05, 0.1) is 0 Å². The van der Waals surface area contributed by atoms with E-state index in [1.165, 1.54) is 39.1 Å². The Morgan fingerprint density at radius 2 is 1.42 bits per heavy atom. The summed E-state index contributed by atoms with van der Waals surface area (Å²) < 4.78 is 11.4. The monoisotopic (exact) mass is 924 g/mol. The number of imidazole rings is 1. The quantitative estimate of drug-likeness (QED) is 0.123. The molecule has 3 aromatic heterocycles. The van der Waals surface area contributed by atoms with E-state index in [2.05, 4.69) is 179 Å². The van der Waals surface area contributed by atoms with Crippen LogP contribution in [0.15, 0.2) is 109 Å². The predicted octanol–water partition coefficient (Wildman–Crippen LogP) is 11.3. The number of benzene rings is 5. The number of pyridine rings is 1. The Bertz CT molecular complexity index is 2860. The zero-order valence-electron chi connectivity index (χ0n) is 33.6. The van der Waals surface area contributed by atoms with E-state index in [1.807, 2.05) is 12.3 Å². The molecule has 8 aromatic rings. The zero-order chi connectivity index (χ0) is 38.6. The van der Waals surface area contributed by atoms with Crippen LogP contribution >= 0.6 is 0 Å². The number of hydrogen-bond donors (Lipinski definition) is 0. The van der Waals surface area contributed by atoms with Gasteiger partial charge in [-0.3, -0.25) is 4.98 Å². The summed E-state index contributed by atoms with van der Waals surface area (Å²) in [6.07, 6.45) is 4.02. The maximum atomic E-state index is 6.73. The minimum atomic E-state index is -0.248. The fourth-order valence-corrected chi connectivity index (χ4v) is 9.16. The number of hydrogen-bond acceptors (Lipinski definition) is 4. The smallest absolute Gasteiger partial charge is 0.503 e. The van der Waals surface area contributed by atoms with Gasteiger partial charge in [0.25, 0.3) is 0 Å². The van der Waals surface area contributed by atoms with E-state index in [1.54, 1.807) is 0 Å². The van der Waals surface area contributed by atoms with E-state index in [-0.39, 0.29) is 33.5 Å². The van der Waals surface area contributed by atoms with E-state index >= 15 is 0 Å². The van der Waals surface area contributed by atoms with E-state index < -0.39 is 0 Å². The number of anilines is 2. The van der Waals surface area contributed by atoms with Gasteiger partial charge in [0.15, 0.2) is 0 Å². The number of nitrogens with zero attached hydrogens (tertiary/aromatic N) is 5. The molecule has 0 fully saturated rings. The van der Waals surface area contributed by atoms with Crippen molar-refractivity contribution in [3.8, 4) is 28.7 Å². The van der Waals surface area contributed by atoms with Gasteiger partial charge in [0.2, 0.25) is 0 Å². The first-order valence-corrected chi connectivity index (χ1v) is 19.8. The van der Waals surface area contributed by atoms with E-state index in [0.717, 1.165) is 50.3 Å². The number of fused-ring (bicyclic) bond motifs is 7. The van der Waals surface area contributed by atoms with Crippen molar-refractivity contribution in [2.45, 2.75) is 72.6 Å². The van der Waals surface area contributed by atoms with E-state index in [0.29, 0.717) is 23.3 Å². The van der Waals surface area contributed by atoms with Crippen LogP contribution in [0, 0.1) is 26.0 Å². The molecule has 0 bridgehead atoms. The molecule has 0 radical (unpaired) electrons. The molecule has 284 valence electrons. The zero-order valence-corrected chi connectivity index (χ0v) is 35.9. The fraction of sp³-hybridized carbons (Fsp3) is 0.224. The number of ether oxygens (including phenoxy) is 1. The van der Waals surface area contributed by atoms with Crippen molar-refractivity contribution in [1.82, 2.24) is 19.0 Å². The van der Waals surface area contributed by atoms with Crippen molar-refractivity contribution in [1.29, 1.82) is 0 Å². The molecule has 0 aliphatic carbocycles. The van der Waals surface area contributed by atoms with Gasteiger partial charge in [-0.15, -0.1) is 23.6 Å². The molecule has 0 atom stereocenters. The second kappa shape index (κ2) is 13.6. The topological polar surface area (TPSA) is 48.1 Å². The molecule has 5 heterocycles. The summed E-state index contributed by atoms with van der Waals surface area (Å²) in [5.74, 6) is 3.62. The standard InChI is InChI=1S/C49H44BN5O.Pt/c1-29(2)35-15-13-16-36(30(3)4)47(35)54-43-23-21-33(25-39(43)48-52-28-45-49(7,8)40-17-10-11-18-41(40)50(54)55(45)48)56-34-20-22-38-37-14-9-12-19-42(37)53(44(38)26-34)46-24-31(5)32(6)27-51-46;/h9-24,27-30H,1-8H3;/q-2;+2. The second-order valence-corrected chi connectivity index (χ2v) is 16.6. The Hall–Kier alpha value is -5.39. The SMILES string of the molecule is Cc1cnc(-n2c3[c-]c(Oc4[c-]c5c(cc4)N(c4c(C(C)C)cccc4C(C)C)B4c6ccccc6C(C)(C)c6cnc-5n64)ccc3c3ccccc32)cc1C.[Pt+2]. The third-order valence-corrected chi connectivity index (χ3v) is 12.2. The van der Waals surface area contributed by atoms with Gasteiger partial charge >= 0.3 is 28.0 Å². The third-order valence-electron chi connectivity index (χ3n) is 12.2. The molecule has 2 aliphatic heterocycles. The van der Waals surface area contributed by atoms with E-state index in [4.69, 9.17) is 14.7 Å². The van der Waals surface area contributed by atoms with Crippen LogP contribution in [0.5, 0.6) is 11.5 Å². The van der Waals surface area contributed by atoms with Crippen LogP contribution in [0.3, 0.4) is 0 Å². The molecule has 10 rings (SSSR count). The Labute approximate surface area is 349 Å². The minimum Gasteiger partial charge on any atom is -0.503 e. The van der Waals surface area contributed by atoms with Crippen LogP contribution in [0.2, 0.25) is 0 Å². The van der Waals surface area contributed by atoms with Crippen molar-refractivity contribution in [3.05, 3.63) is 155 Å². The summed E-state index contributed by atoms with van der Waals surface area (Å²) in [6, 6.07) is 42.1. The Morgan fingerprint density at radius 3 is 2.18 bits per heavy atom. The maximum Gasteiger partial charge on any atom is 2.00 e. The van der Waals surface area contributed by atoms with Gasteiger partial charge in [-0.1, -0.05) is 125 Å². The predicted molar refractivity (Wildman–Crippen MR) is 230 cm³/mol. The molecule has 2 aliphatic rings. The van der Waals surface area contributed by atoms with Crippen LogP contribution in [0.1, 0.15) is 86.9 Å². The molecule has 0 saturated carbocycles. The molecule has 57 heavy (non-hydrogen) atoms. The van der Waals surface area contributed by atoms with Gasteiger partial charge in [-0.25, -0.2) is 4.98 Å². The molecule has 8 heteroatoms. The average Bonchev–Trinajstić information content (AvgIpc) is 3.79. The summed E-state index contributed by atoms with van der Waals surface area (Å²) in [6.45, 7) is 17.9. The van der Waals surface area contributed by atoms with Crippen LogP contribution in [0.25, 0.3) is 39.0 Å². The van der Waals surface area contributed by atoms with Crippen molar-refractivity contribution < 1.29 is 25.8 Å². The molecule has 0 amide bonds. The molecule has 0 saturated heterocycles. The van der Waals surface area contributed by atoms with Crippen LogP contribution < -0.4 is 15.0 Å². The van der Waals surface area contributed by atoms with Gasteiger partial charge in [-0.2, -0.15) is 6.07 Å². The number of aryl methyl sites for hydroxylation is 2. The molecule has 0 N–H and O–H groups in total. The average molecular weight is 925 g/mol. The van der Waals surface area contributed by atoms with Gasteiger partial charge in [-0.05, 0) is 82.2 Å². The van der Waals surface area contributed by atoms with Crippen molar-refractivity contribution >= 4 is 45.6 Å². The molecule has 5 aromatic carbocycles. The van der Waals surface area contributed by atoms with Crippen molar-refractivity contribution in [3.63, 3.8) is 0 Å². The normalized spacial score (nSPS) is 13.9. The first-order chi connectivity index (χ1) is 27.0. The van der Waals surface area contributed by atoms with Crippen LogP contribution in [-0.4, -0.2) is 26.0 Å². The number of aromatic nitrogens is 4. The van der Waals surface area contributed by atoms with Crippen molar-refractivity contribution in [2.75, 3.05) is 4.81 Å². The van der Waals surface area contributed by atoms with Crippen molar-refractivity contribution in [2.24, 2.45) is 0 Å². The third kappa shape index (κ3) is 5.56. The molecule has 6 nitrogen and oxygen atoms in total. The Kier molecular flexibility index (Phi) is 8.90. The summed E-state index contributed by atoms with van der Waals surface area (Å²) in [7, 11) is 0. The largest absolute Gasteiger partial charge is 2.00 e. The first-order valence-electron chi connectivity index (χ1n) is 19.8. The molecular formula is C49H44BN5OPt. The maximum absolute atomic E-state index is 6.73. The van der Waals surface area contributed by atoms with Gasteiger partial charge in [0, 0.05) is 52.0 Å². The molecule has 0 unspecified atom stereocenters. The first kappa shape index (κ1) is 37.2. The Morgan fingerprint density at radius 1 is 0.719 bits per heavy atom.